The molecule has 1 rings (SSSR count). The molecule has 0 saturated heterocycles. The van der Waals surface area contributed by atoms with Crippen molar-refractivity contribution >= 4 is 15.9 Å². The van der Waals surface area contributed by atoms with Crippen molar-refractivity contribution in [2.24, 2.45) is 0 Å². The fourth-order valence-electron chi connectivity index (χ4n) is 1.06. The van der Waals surface area contributed by atoms with Gasteiger partial charge in [0.15, 0.2) is 0 Å². The molecule has 78 valence electrons. The summed E-state index contributed by atoms with van der Waals surface area (Å²) >= 11 is 3.38. The molecule has 2 nitrogen and oxygen atoms in total. The number of phenols is 1. The molecular formula is C11H16BrNO. The predicted molar refractivity (Wildman–Crippen MR) is 62.4 cm³/mol. The molecule has 0 heterocycles. The Kier molecular flexibility index (Phi) is 3.56. The molecule has 14 heavy (non-hydrogen) atoms. The van der Waals surface area contributed by atoms with Gasteiger partial charge in [-0.15, -0.1) is 0 Å². The maximum atomic E-state index is 9.57. The molecule has 0 spiro atoms. The average Bonchev–Trinajstić information content (AvgIpc) is 2.05. The van der Waals surface area contributed by atoms with E-state index in [9.17, 15) is 5.11 Å². The van der Waals surface area contributed by atoms with Crippen LogP contribution < -0.4 is 5.32 Å². The minimum atomic E-state index is 0.0642. The van der Waals surface area contributed by atoms with E-state index in [2.05, 4.69) is 42.0 Å². The predicted octanol–water partition coefficient (Wildman–Crippen LogP) is 3.04. The molecule has 0 unspecified atom stereocenters. The number of hydrogen-bond donors (Lipinski definition) is 2. The van der Waals surface area contributed by atoms with Gasteiger partial charge in [-0.1, -0.05) is 15.9 Å². The lowest BCUT2D eigenvalue weighted by Gasteiger charge is -2.20. The number of phenolic OH excluding ortho intramolecular Hbond substituents is 1. The van der Waals surface area contributed by atoms with Crippen LogP contribution in [0.15, 0.2) is 22.7 Å². The molecule has 0 fully saturated rings. The maximum Gasteiger partial charge on any atom is 0.120 e. The van der Waals surface area contributed by atoms with Gasteiger partial charge in [0.1, 0.15) is 5.75 Å². The topological polar surface area (TPSA) is 32.3 Å². The first-order chi connectivity index (χ1) is 6.38. The van der Waals surface area contributed by atoms with Gasteiger partial charge in [0.05, 0.1) is 0 Å². The lowest BCUT2D eigenvalue weighted by Crippen LogP contribution is -2.35. The van der Waals surface area contributed by atoms with E-state index in [0.29, 0.717) is 12.3 Å². The summed E-state index contributed by atoms with van der Waals surface area (Å²) < 4.78 is 0.987. The Bertz CT molecular complexity index is 318. The highest BCUT2D eigenvalue weighted by Crippen LogP contribution is 2.22. The first kappa shape index (κ1) is 11.5. The van der Waals surface area contributed by atoms with E-state index in [4.69, 9.17) is 0 Å². The van der Waals surface area contributed by atoms with E-state index in [1.807, 2.05) is 12.1 Å². The van der Waals surface area contributed by atoms with E-state index in [0.717, 1.165) is 10.0 Å². The van der Waals surface area contributed by atoms with Gasteiger partial charge in [-0.2, -0.15) is 0 Å². The highest BCUT2D eigenvalue weighted by atomic mass is 79.9. The van der Waals surface area contributed by atoms with Crippen LogP contribution in [0.25, 0.3) is 0 Å². The minimum absolute atomic E-state index is 0.0642. The summed E-state index contributed by atoms with van der Waals surface area (Å²) in [5, 5.41) is 12.9. The number of benzene rings is 1. The van der Waals surface area contributed by atoms with Crippen molar-refractivity contribution in [3.05, 3.63) is 28.2 Å². The van der Waals surface area contributed by atoms with Crippen molar-refractivity contribution in [3.8, 4) is 5.75 Å². The fraction of sp³-hybridized carbons (Fsp3) is 0.455. The normalized spacial score (nSPS) is 11.7. The van der Waals surface area contributed by atoms with Crippen LogP contribution >= 0.6 is 15.9 Å². The molecule has 3 heteroatoms. The summed E-state index contributed by atoms with van der Waals surface area (Å²) in [5.41, 5.74) is 0.976. The van der Waals surface area contributed by atoms with Gasteiger partial charge in [0, 0.05) is 22.1 Å². The van der Waals surface area contributed by atoms with E-state index in [1.54, 1.807) is 6.07 Å². The Morgan fingerprint density at radius 3 is 2.57 bits per heavy atom. The molecule has 0 bridgehead atoms. The van der Waals surface area contributed by atoms with Gasteiger partial charge in [-0.3, -0.25) is 0 Å². The molecule has 0 radical (unpaired) electrons. The molecule has 1 aromatic carbocycles. The third kappa shape index (κ3) is 3.68. The van der Waals surface area contributed by atoms with Gasteiger partial charge >= 0.3 is 0 Å². The molecule has 0 aliphatic carbocycles. The number of nitrogens with one attached hydrogen (secondary N) is 1. The Labute approximate surface area is 93.5 Å². The second-order valence-corrected chi connectivity index (χ2v) is 5.29. The van der Waals surface area contributed by atoms with Gasteiger partial charge in [-0.05, 0) is 39.0 Å². The molecule has 0 saturated carbocycles. The van der Waals surface area contributed by atoms with Gasteiger partial charge in [0.2, 0.25) is 0 Å². The van der Waals surface area contributed by atoms with Gasteiger partial charge in [0.25, 0.3) is 0 Å². The minimum Gasteiger partial charge on any atom is -0.508 e. The number of rotatable bonds is 2. The van der Waals surface area contributed by atoms with Crippen molar-refractivity contribution in [1.82, 2.24) is 5.32 Å². The lowest BCUT2D eigenvalue weighted by molar-refractivity contribution is 0.412. The van der Waals surface area contributed by atoms with E-state index in [1.165, 1.54) is 0 Å². The quantitative estimate of drug-likeness (QED) is 0.854. The van der Waals surface area contributed by atoms with E-state index < -0.39 is 0 Å². The van der Waals surface area contributed by atoms with E-state index in [-0.39, 0.29) is 5.54 Å². The molecule has 0 amide bonds. The molecule has 1 aromatic rings. The fourth-order valence-corrected chi connectivity index (χ4v) is 1.46. The number of hydrogen-bond acceptors (Lipinski definition) is 2. The Morgan fingerprint density at radius 2 is 2.00 bits per heavy atom. The van der Waals surface area contributed by atoms with Crippen LogP contribution in [0, 0.1) is 0 Å². The third-order valence-electron chi connectivity index (χ3n) is 1.85. The Hall–Kier alpha value is -0.540. The molecule has 0 atom stereocenters. The van der Waals surface area contributed by atoms with Crippen LogP contribution in [0.5, 0.6) is 5.75 Å². The maximum absolute atomic E-state index is 9.57. The first-order valence-corrected chi connectivity index (χ1v) is 5.40. The highest BCUT2D eigenvalue weighted by molar-refractivity contribution is 9.10. The molecule has 2 N–H and O–H groups in total. The first-order valence-electron chi connectivity index (χ1n) is 4.61. The largest absolute Gasteiger partial charge is 0.508 e. The lowest BCUT2D eigenvalue weighted by atomic mass is 10.1. The third-order valence-corrected chi connectivity index (χ3v) is 2.34. The van der Waals surface area contributed by atoms with Crippen LogP contribution in [0.4, 0.5) is 0 Å². The average molecular weight is 258 g/mol. The molecule has 0 aromatic heterocycles. The van der Waals surface area contributed by atoms with Crippen LogP contribution in [0.2, 0.25) is 0 Å². The molecule has 0 aliphatic heterocycles. The van der Waals surface area contributed by atoms with Crippen molar-refractivity contribution in [1.29, 1.82) is 0 Å². The van der Waals surface area contributed by atoms with Crippen LogP contribution in [0.3, 0.4) is 0 Å². The number of aromatic hydroxyl groups is 1. The summed E-state index contributed by atoms with van der Waals surface area (Å²) in [4.78, 5) is 0. The van der Waals surface area contributed by atoms with Crippen molar-refractivity contribution in [2.45, 2.75) is 32.9 Å². The van der Waals surface area contributed by atoms with Crippen molar-refractivity contribution in [2.75, 3.05) is 0 Å². The molecule has 0 aliphatic rings. The van der Waals surface area contributed by atoms with Gasteiger partial charge in [-0.25, -0.2) is 0 Å². The van der Waals surface area contributed by atoms with Crippen molar-refractivity contribution < 1.29 is 5.11 Å². The second kappa shape index (κ2) is 4.32. The summed E-state index contributed by atoms with van der Waals surface area (Å²) in [6, 6.07) is 5.45. The standard InChI is InChI=1S/C11H16BrNO/c1-11(2,3)13-7-8-6-9(12)4-5-10(8)14/h4-6,13-14H,7H2,1-3H3. The highest BCUT2D eigenvalue weighted by Gasteiger charge is 2.10. The zero-order chi connectivity index (χ0) is 10.8. The number of halogens is 1. The van der Waals surface area contributed by atoms with Crippen LogP contribution in [0.1, 0.15) is 26.3 Å². The Balaban J connectivity index is 2.72. The summed E-state index contributed by atoms with van der Waals surface area (Å²) in [7, 11) is 0. The molecular weight excluding hydrogens is 242 g/mol. The SMILES string of the molecule is CC(C)(C)NCc1cc(Br)ccc1O. The summed E-state index contributed by atoms with van der Waals surface area (Å²) in [5.74, 6) is 0.338. The van der Waals surface area contributed by atoms with Crippen molar-refractivity contribution in [3.63, 3.8) is 0 Å². The monoisotopic (exact) mass is 257 g/mol. The Morgan fingerprint density at radius 1 is 1.36 bits per heavy atom. The zero-order valence-electron chi connectivity index (χ0n) is 8.76. The summed E-state index contributed by atoms with van der Waals surface area (Å²) in [6.45, 7) is 6.97. The van der Waals surface area contributed by atoms with Crippen LogP contribution in [-0.4, -0.2) is 10.6 Å². The van der Waals surface area contributed by atoms with Gasteiger partial charge < -0.3 is 10.4 Å². The van der Waals surface area contributed by atoms with Crippen LogP contribution in [-0.2, 0) is 6.54 Å². The zero-order valence-corrected chi connectivity index (χ0v) is 10.4. The summed E-state index contributed by atoms with van der Waals surface area (Å²) in [6.07, 6.45) is 0. The second-order valence-electron chi connectivity index (χ2n) is 4.38. The van der Waals surface area contributed by atoms with E-state index >= 15 is 0 Å². The smallest absolute Gasteiger partial charge is 0.120 e.